The van der Waals surface area contributed by atoms with E-state index in [1.165, 1.54) is 18.4 Å². The topological polar surface area (TPSA) is 66.9 Å². The molecular weight excluding hydrogens is 420 g/mol. The van der Waals surface area contributed by atoms with Gasteiger partial charge in [0, 0.05) is 32.2 Å². The van der Waals surface area contributed by atoms with E-state index in [2.05, 4.69) is 4.90 Å². The number of carbonyl (C=O) groups is 1. The van der Waals surface area contributed by atoms with Crippen LogP contribution in [0.2, 0.25) is 0 Å². The molecule has 4 rings (SSSR count). The Morgan fingerprint density at radius 1 is 1.13 bits per heavy atom. The second-order valence-electron chi connectivity index (χ2n) is 8.15. The van der Waals surface area contributed by atoms with Crippen LogP contribution in [-0.2, 0) is 21.3 Å². The van der Waals surface area contributed by atoms with E-state index in [1.54, 1.807) is 28.6 Å². The number of benzene rings is 1. The molecule has 1 saturated heterocycles. The van der Waals surface area contributed by atoms with Crippen LogP contribution in [0.5, 0.6) is 0 Å². The van der Waals surface area contributed by atoms with Crippen LogP contribution in [0.4, 0.5) is 0 Å². The zero-order valence-electron chi connectivity index (χ0n) is 17.2. The zero-order chi connectivity index (χ0) is 21.1. The lowest BCUT2D eigenvalue weighted by molar-refractivity contribution is 0.0600. The van der Waals surface area contributed by atoms with Crippen molar-refractivity contribution in [3.05, 3.63) is 52.9 Å². The van der Waals surface area contributed by atoms with Crippen LogP contribution < -0.4 is 0 Å². The maximum Gasteiger partial charge on any atom is 0.337 e. The quantitative estimate of drug-likeness (QED) is 0.577. The van der Waals surface area contributed by atoms with Crippen LogP contribution in [0.1, 0.15) is 41.6 Å². The first kappa shape index (κ1) is 21.5. The Morgan fingerprint density at radius 2 is 1.83 bits per heavy atom. The van der Waals surface area contributed by atoms with Gasteiger partial charge in [0.1, 0.15) is 4.21 Å². The molecule has 0 spiro atoms. The Kier molecular flexibility index (Phi) is 6.57. The van der Waals surface area contributed by atoms with Crippen molar-refractivity contribution in [2.75, 3.05) is 26.7 Å². The largest absolute Gasteiger partial charge is 0.465 e. The van der Waals surface area contributed by atoms with Crippen molar-refractivity contribution in [3.63, 3.8) is 0 Å². The van der Waals surface area contributed by atoms with Crippen molar-refractivity contribution in [1.29, 1.82) is 0 Å². The van der Waals surface area contributed by atoms with Gasteiger partial charge in [-0.1, -0.05) is 18.2 Å². The van der Waals surface area contributed by atoms with Crippen LogP contribution in [0.3, 0.4) is 0 Å². The second kappa shape index (κ2) is 9.18. The van der Waals surface area contributed by atoms with E-state index >= 15 is 0 Å². The van der Waals surface area contributed by atoms with Crippen LogP contribution in [0, 0.1) is 5.92 Å². The van der Waals surface area contributed by atoms with Crippen molar-refractivity contribution in [2.45, 2.75) is 42.5 Å². The van der Waals surface area contributed by atoms with Gasteiger partial charge in [-0.2, -0.15) is 4.31 Å². The van der Waals surface area contributed by atoms with Gasteiger partial charge in [0.2, 0.25) is 0 Å². The van der Waals surface area contributed by atoms with E-state index in [9.17, 15) is 13.2 Å². The molecule has 6 nitrogen and oxygen atoms in total. The van der Waals surface area contributed by atoms with Crippen LogP contribution in [0.25, 0.3) is 0 Å². The van der Waals surface area contributed by atoms with Gasteiger partial charge in [0.25, 0.3) is 10.0 Å². The lowest BCUT2D eigenvalue weighted by Gasteiger charge is -2.37. The lowest BCUT2D eigenvalue weighted by Crippen LogP contribution is -2.47. The number of nitrogens with zero attached hydrogens (tertiary/aromatic N) is 2. The molecule has 1 aliphatic carbocycles. The highest BCUT2D eigenvalue weighted by Crippen LogP contribution is 2.35. The fraction of sp³-hybridized carbons (Fsp3) is 0.500. The van der Waals surface area contributed by atoms with Crippen LogP contribution in [0.15, 0.2) is 46.0 Å². The van der Waals surface area contributed by atoms with Gasteiger partial charge in [0.05, 0.1) is 12.7 Å². The average molecular weight is 449 g/mol. The molecule has 2 heterocycles. The Balaban J connectivity index is 1.38. The van der Waals surface area contributed by atoms with Crippen molar-refractivity contribution >= 4 is 27.3 Å². The predicted octanol–water partition coefficient (Wildman–Crippen LogP) is 3.60. The van der Waals surface area contributed by atoms with E-state index < -0.39 is 10.0 Å². The molecule has 1 aromatic carbocycles. The first-order chi connectivity index (χ1) is 14.5. The molecule has 8 heteroatoms. The fourth-order valence-electron chi connectivity index (χ4n) is 4.01. The zero-order valence-corrected chi connectivity index (χ0v) is 18.8. The SMILES string of the molecule is COC(=O)c1ccc(CN2CCC(N(CC3CC3)S(=O)(=O)c3cccs3)CC2)cc1. The summed E-state index contributed by atoms with van der Waals surface area (Å²) in [5.41, 5.74) is 1.69. The van der Waals surface area contributed by atoms with Crippen molar-refractivity contribution in [2.24, 2.45) is 5.92 Å². The number of methoxy groups -OCH3 is 1. The minimum absolute atomic E-state index is 0.0654. The number of thiophene rings is 1. The molecule has 0 bridgehead atoms. The molecule has 0 radical (unpaired) electrons. The van der Waals surface area contributed by atoms with E-state index in [4.69, 9.17) is 4.74 Å². The number of piperidine rings is 1. The average Bonchev–Trinajstić information content (AvgIpc) is 3.41. The van der Waals surface area contributed by atoms with E-state index in [0.29, 0.717) is 22.2 Å². The Morgan fingerprint density at radius 3 is 2.40 bits per heavy atom. The number of ether oxygens (including phenoxy) is 1. The van der Waals surface area contributed by atoms with Gasteiger partial charge in [-0.25, -0.2) is 13.2 Å². The molecule has 2 fully saturated rings. The van der Waals surface area contributed by atoms with Gasteiger partial charge in [0.15, 0.2) is 0 Å². The van der Waals surface area contributed by atoms with Gasteiger partial charge >= 0.3 is 5.97 Å². The number of esters is 1. The molecule has 30 heavy (non-hydrogen) atoms. The Hall–Kier alpha value is -1.74. The van der Waals surface area contributed by atoms with Gasteiger partial charge < -0.3 is 4.74 Å². The third kappa shape index (κ3) is 4.94. The molecular formula is C22H28N2O4S2. The summed E-state index contributed by atoms with van der Waals surface area (Å²) in [4.78, 5) is 13.9. The summed E-state index contributed by atoms with van der Waals surface area (Å²) in [6.45, 7) is 3.18. The highest BCUT2D eigenvalue weighted by molar-refractivity contribution is 7.91. The maximum absolute atomic E-state index is 13.2. The molecule has 0 unspecified atom stereocenters. The number of hydrogen-bond donors (Lipinski definition) is 0. The highest BCUT2D eigenvalue weighted by atomic mass is 32.2. The molecule has 2 aliphatic rings. The Labute approximate surface area is 182 Å². The first-order valence-electron chi connectivity index (χ1n) is 10.4. The summed E-state index contributed by atoms with van der Waals surface area (Å²) in [6.07, 6.45) is 3.96. The smallest absolute Gasteiger partial charge is 0.337 e. The Bertz CT molecular complexity index is 946. The number of carbonyl (C=O) groups excluding carboxylic acids is 1. The normalized spacial score (nSPS) is 18.6. The summed E-state index contributed by atoms with van der Waals surface area (Å²) in [7, 11) is -2.03. The van der Waals surface area contributed by atoms with Gasteiger partial charge in [-0.15, -0.1) is 11.3 Å². The number of hydrogen-bond acceptors (Lipinski definition) is 6. The summed E-state index contributed by atoms with van der Waals surface area (Å²) in [6, 6.07) is 11.1. The molecule has 0 atom stereocenters. The maximum atomic E-state index is 13.2. The van der Waals surface area contributed by atoms with Gasteiger partial charge in [-0.05, 0) is 60.7 Å². The van der Waals surface area contributed by atoms with Crippen molar-refractivity contribution < 1.29 is 17.9 Å². The number of likely N-dealkylation sites (tertiary alicyclic amines) is 1. The minimum atomic E-state index is -3.41. The van der Waals surface area contributed by atoms with Crippen LogP contribution in [-0.4, -0.2) is 56.4 Å². The molecule has 0 amide bonds. The van der Waals surface area contributed by atoms with Crippen molar-refractivity contribution in [1.82, 2.24) is 9.21 Å². The molecule has 1 saturated carbocycles. The van der Waals surface area contributed by atoms with Gasteiger partial charge in [-0.3, -0.25) is 4.90 Å². The third-order valence-corrected chi connectivity index (χ3v) is 9.23. The fourth-order valence-corrected chi connectivity index (χ4v) is 6.89. The van der Waals surface area contributed by atoms with E-state index in [0.717, 1.165) is 50.9 Å². The standard InChI is InChI=1S/C22H28N2O4S2/c1-28-22(25)19-8-6-17(7-9-19)15-23-12-10-20(11-13-23)24(16-18-4-5-18)30(26,27)21-3-2-14-29-21/h2-3,6-9,14,18,20H,4-5,10-13,15-16H2,1H3. The summed E-state index contributed by atoms with van der Waals surface area (Å²) in [5, 5.41) is 1.83. The molecule has 1 aliphatic heterocycles. The first-order valence-corrected chi connectivity index (χ1v) is 12.7. The predicted molar refractivity (Wildman–Crippen MR) is 117 cm³/mol. The van der Waals surface area contributed by atoms with Crippen molar-refractivity contribution in [3.8, 4) is 0 Å². The third-order valence-electron chi connectivity index (χ3n) is 5.94. The summed E-state index contributed by atoms with van der Waals surface area (Å²) < 4.78 is 33.4. The molecule has 0 N–H and O–H groups in total. The minimum Gasteiger partial charge on any atom is -0.465 e. The van der Waals surface area contributed by atoms with E-state index in [-0.39, 0.29) is 12.0 Å². The highest BCUT2D eigenvalue weighted by Gasteiger charge is 2.38. The summed E-state index contributed by atoms with van der Waals surface area (Å²) in [5.74, 6) is 0.191. The second-order valence-corrected chi connectivity index (χ2v) is 11.2. The number of sulfonamides is 1. The summed E-state index contributed by atoms with van der Waals surface area (Å²) >= 11 is 1.30. The molecule has 1 aromatic heterocycles. The molecule has 2 aromatic rings. The van der Waals surface area contributed by atoms with Crippen LogP contribution >= 0.6 is 11.3 Å². The lowest BCUT2D eigenvalue weighted by atomic mass is 10.0. The number of rotatable bonds is 8. The molecule has 162 valence electrons. The van der Waals surface area contributed by atoms with E-state index in [1.807, 2.05) is 17.5 Å². The monoisotopic (exact) mass is 448 g/mol.